The van der Waals surface area contributed by atoms with Crippen LogP contribution in [0.15, 0.2) is 103 Å². The highest BCUT2D eigenvalue weighted by molar-refractivity contribution is 7.11. The lowest BCUT2D eigenvalue weighted by atomic mass is 9.98. The van der Waals surface area contributed by atoms with Gasteiger partial charge in [0.2, 0.25) is 0 Å². The molecule has 0 aliphatic carbocycles. The number of thiophene rings is 1. The maximum atomic E-state index is 13.6. The molecule has 220 valence electrons. The molecule has 6 nitrogen and oxygen atoms in total. The summed E-state index contributed by atoms with van der Waals surface area (Å²) in [5.41, 5.74) is 14.0. The van der Waals surface area contributed by atoms with Gasteiger partial charge in [0.05, 0.1) is 12.3 Å². The number of nitrogens with one attached hydrogen (secondary N) is 3. The summed E-state index contributed by atoms with van der Waals surface area (Å²) in [6.45, 7) is 17.8. The topological polar surface area (TPSA) is 88.4 Å². The Bertz CT molecular complexity index is 1470. The van der Waals surface area contributed by atoms with Gasteiger partial charge in [-0.15, -0.1) is 11.3 Å². The van der Waals surface area contributed by atoms with Crippen LogP contribution in [0.4, 0.5) is 11.4 Å². The van der Waals surface area contributed by atoms with Crippen molar-refractivity contribution in [3.63, 3.8) is 0 Å². The molecule has 0 saturated heterocycles. The van der Waals surface area contributed by atoms with E-state index in [4.69, 9.17) is 10.5 Å². The first kappa shape index (κ1) is 32.2. The Hall–Kier alpha value is -4.33. The number of allylic oxidation sites excluding steroid dienone is 2. The number of carbonyl (C=O) groups is 1. The van der Waals surface area contributed by atoms with E-state index in [1.54, 1.807) is 30.6 Å². The van der Waals surface area contributed by atoms with E-state index >= 15 is 0 Å². The second-order valence-electron chi connectivity index (χ2n) is 9.85. The lowest BCUT2D eigenvalue weighted by Gasteiger charge is -2.17. The van der Waals surface area contributed by atoms with Gasteiger partial charge in [0.1, 0.15) is 0 Å². The fourth-order valence-corrected chi connectivity index (χ4v) is 5.05. The molecule has 3 rings (SSSR count). The van der Waals surface area contributed by atoms with Crippen LogP contribution in [0, 0.1) is 0 Å². The molecule has 0 bridgehead atoms. The number of methoxy groups -OCH3 is 1. The predicted molar refractivity (Wildman–Crippen MR) is 180 cm³/mol. The van der Waals surface area contributed by atoms with Crippen LogP contribution >= 0.6 is 11.3 Å². The standard InChI is InChI=1S/C35H42N4O2S/c1-7-27-15-17-32(29(21-27)11-9-19-37-26(5)34-12-10-20-42-34)35(40)39-33-22-30(36)16-18-31(33)25(4)38-24(3)13-14-28(8-2)23-41-6/h8,10,12-18,20-22,37-38H,3-5,7,9,11,19,23,36H2,1-2,6H3,(H,39,40)/b14-13-,28-8+. The van der Waals surface area contributed by atoms with Crippen LogP contribution in [0.25, 0.3) is 11.4 Å². The number of nitrogens with two attached hydrogens (primary N) is 1. The molecule has 0 fully saturated rings. The number of amides is 1. The van der Waals surface area contributed by atoms with Gasteiger partial charge in [-0.3, -0.25) is 4.79 Å². The third-order valence-corrected chi connectivity index (χ3v) is 7.64. The number of aryl methyl sites for hydroxylation is 2. The SMILES string of the molecule is C=C(/C=C\C(=C/C)COC)NC(=C)c1ccc(N)cc1NC(=O)c1ccc(CC)cc1CCCNC(=C)c1cccs1. The third kappa shape index (κ3) is 9.36. The van der Waals surface area contributed by atoms with Crippen molar-refractivity contribution in [1.29, 1.82) is 0 Å². The van der Waals surface area contributed by atoms with Gasteiger partial charge in [0.15, 0.2) is 0 Å². The van der Waals surface area contributed by atoms with Gasteiger partial charge >= 0.3 is 0 Å². The molecule has 0 spiro atoms. The Morgan fingerprint density at radius 2 is 1.83 bits per heavy atom. The number of anilines is 2. The van der Waals surface area contributed by atoms with Crippen molar-refractivity contribution in [2.24, 2.45) is 0 Å². The van der Waals surface area contributed by atoms with E-state index < -0.39 is 0 Å². The zero-order valence-corrected chi connectivity index (χ0v) is 25.7. The minimum Gasteiger partial charge on any atom is -0.399 e. The monoisotopic (exact) mass is 582 g/mol. The number of benzene rings is 2. The molecule has 0 aliphatic rings. The Balaban J connectivity index is 1.73. The molecule has 7 heteroatoms. The molecule has 0 aliphatic heterocycles. The summed E-state index contributed by atoms with van der Waals surface area (Å²) >= 11 is 1.66. The maximum Gasteiger partial charge on any atom is 0.255 e. The largest absolute Gasteiger partial charge is 0.399 e. The Kier molecular flexibility index (Phi) is 12.4. The first-order valence-electron chi connectivity index (χ1n) is 14.0. The van der Waals surface area contributed by atoms with E-state index in [1.165, 1.54) is 5.56 Å². The summed E-state index contributed by atoms with van der Waals surface area (Å²) in [5, 5.41) is 11.7. The Morgan fingerprint density at radius 3 is 2.52 bits per heavy atom. The van der Waals surface area contributed by atoms with E-state index in [0.717, 1.165) is 53.1 Å². The fourth-order valence-electron chi connectivity index (χ4n) is 4.37. The highest BCUT2D eigenvalue weighted by Gasteiger charge is 2.16. The lowest BCUT2D eigenvalue weighted by molar-refractivity contribution is 0.102. The molecule has 1 aromatic heterocycles. The van der Waals surface area contributed by atoms with Crippen molar-refractivity contribution < 1.29 is 9.53 Å². The molecular weight excluding hydrogens is 540 g/mol. The molecular formula is C35H42N4O2S. The molecule has 0 unspecified atom stereocenters. The van der Waals surface area contributed by atoms with E-state index in [-0.39, 0.29) is 5.91 Å². The number of nitrogen functional groups attached to an aromatic ring is 1. The van der Waals surface area contributed by atoms with E-state index in [9.17, 15) is 4.79 Å². The van der Waals surface area contributed by atoms with Gasteiger partial charge in [-0.25, -0.2) is 0 Å². The van der Waals surface area contributed by atoms with Crippen LogP contribution in [0.2, 0.25) is 0 Å². The highest BCUT2D eigenvalue weighted by Crippen LogP contribution is 2.26. The fraction of sp³-hybridized carbons (Fsp3) is 0.229. The molecule has 5 N–H and O–H groups in total. The van der Waals surface area contributed by atoms with Gasteiger partial charge in [-0.1, -0.05) is 57.0 Å². The number of carbonyl (C=O) groups excluding carboxylic acids is 1. The first-order valence-corrected chi connectivity index (χ1v) is 14.9. The number of rotatable bonds is 16. The van der Waals surface area contributed by atoms with E-state index in [2.05, 4.69) is 54.7 Å². The van der Waals surface area contributed by atoms with Crippen LogP contribution in [-0.2, 0) is 17.6 Å². The second-order valence-corrected chi connectivity index (χ2v) is 10.8. The maximum absolute atomic E-state index is 13.6. The second kappa shape index (κ2) is 16.2. The minimum atomic E-state index is -0.195. The molecule has 1 amide bonds. The summed E-state index contributed by atoms with van der Waals surface area (Å²) < 4.78 is 5.20. The summed E-state index contributed by atoms with van der Waals surface area (Å²) in [6.07, 6.45) is 8.29. The minimum absolute atomic E-state index is 0.195. The predicted octanol–water partition coefficient (Wildman–Crippen LogP) is 7.56. The third-order valence-electron chi connectivity index (χ3n) is 6.71. The molecule has 0 atom stereocenters. The number of hydrogen-bond acceptors (Lipinski definition) is 6. The van der Waals surface area contributed by atoms with Gasteiger partial charge in [0.25, 0.3) is 5.91 Å². The highest BCUT2D eigenvalue weighted by atomic mass is 32.1. The molecule has 3 aromatic rings. The van der Waals surface area contributed by atoms with Crippen LogP contribution in [-0.4, -0.2) is 26.2 Å². The quantitative estimate of drug-likeness (QED) is 0.0795. The van der Waals surface area contributed by atoms with Gasteiger partial charge in [-0.05, 0) is 84.7 Å². The summed E-state index contributed by atoms with van der Waals surface area (Å²) in [6, 6.07) is 15.5. The van der Waals surface area contributed by atoms with Crippen molar-refractivity contribution in [1.82, 2.24) is 10.6 Å². The first-order chi connectivity index (χ1) is 20.2. The van der Waals surface area contributed by atoms with Crippen molar-refractivity contribution >= 4 is 40.0 Å². The Morgan fingerprint density at radius 1 is 1.05 bits per heavy atom. The van der Waals surface area contributed by atoms with Crippen molar-refractivity contribution in [2.75, 3.05) is 31.3 Å². The molecule has 1 heterocycles. The zero-order valence-electron chi connectivity index (χ0n) is 24.9. The average molecular weight is 583 g/mol. The summed E-state index contributed by atoms with van der Waals surface area (Å²) in [4.78, 5) is 14.8. The number of ether oxygens (including phenoxy) is 1. The van der Waals surface area contributed by atoms with E-state index in [0.29, 0.717) is 34.9 Å². The van der Waals surface area contributed by atoms with Crippen molar-refractivity contribution in [3.05, 3.63) is 130 Å². The van der Waals surface area contributed by atoms with Crippen molar-refractivity contribution in [2.45, 2.75) is 33.1 Å². The van der Waals surface area contributed by atoms with Crippen molar-refractivity contribution in [3.8, 4) is 0 Å². The van der Waals surface area contributed by atoms with Crippen LogP contribution in [0.3, 0.4) is 0 Å². The summed E-state index contributed by atoms with van der Waals surface area (Å²) in [5.74, 6) is -0.195. The molecule has 42 heavy (non-hydrogen) atoms. The van der Waals surface area contributed by atoms with Gasteiger partial charge in [-0.2, -0.15) is 0 Å². The smallest absolute Gasteiger partial charge is 0.255 e. The van der Waals surface area contributed by atoms with E-state index in [1.807, 2.05) is 54.8 Å². The lowest BCUT2D eigenvalue weighted by Crippen LogP contribution is -2.18. The normalized spacial score (nSPS) is 11.4. The van der Waals surface area contributed by atoms with Gasteiger partial charge < -0.3 is 26.4 Å². The molecule has 0 saturated carbocycles. The van der Waals surface area contributed by atoms with Crippen LogP contribution < -0.4 is 21.7 Å². The molecule has 2 aromatic carbocycles. The van der Waals surface area contributed by atoms with Crippen LogP contribution in [0.5, 0.6) is 0 Å². The van der Waals surface area contributed by atoms with Crippen LogP contribution in [0.1, 0.15) is 52.2 Å². The van der Waals surface area contributed by atoms with Gasteiger partial charge in [0, 0.05) is 52.4 Å². The number of hydrogen-bond donors (Lipinski definition) is 4. The zero-order chi connectivity index (χ0) is 30.5. The molecule has 0 radical (unpaired) electrons. The average Bonchev–Trinajstić information content (AvgIpc) is 3.52. The Labute approximate surface area is 254 Å². The summed E-state index contributed by atoms with van der Waals surface area (Å²) in [7, 11) is 1.66.